The van der Waals surface area contributed by atoms with Gasteiger partial charge in [0.1, 0.15) is 12.2 Å². The molecule has 0 bridgehead atoms. The third kappa shape index (κ3) is 7.66. The van der Waals surface area contributed by atoms with Crippen molar-refractivity contribution in [3.63, 3.8) is 0 Å². The number of nitrogens with one attached hydrogen (secondary N) is 1. The monoisotopic (exact) mass is 654 g/mol. The number of aliphatic carboxylic acids is 1. The van der Waals surface area contributed by atoms with Crippen molar-refractivity contribution >= 4 is 29.3 Å². The zero-order chi connectivity index (χ0) is 33.8. The summed E-state index contributed by atoms with van der Waals surface area (Å²) < 4.78 is 13.5. The lowest BCUT2D eigenvalue weighted by Gasteiger charge is -2.35. The Morgan fingerprint density at radius 1 is 0.917 bits per heavy atom. The number of nitrogens with two attached hydrogens (primary N) is 1. The van der Waals surface area contributed by atoms with Gasteiger partial charge in [-0.2, -0.15) is 0 Å². The van der Waals surface area contributed by atoms with Crippen LogP contribution in [0.5, 0.6) is 0 Å². The van der Waals surface area contributed by atoms with Gasteiger partial charge in [-0.3, -0.25) is 14.4 Å². The summed E-state index contributed by atoms with van der Waals surface area (Å²) in [6.07, 6.45) is 2.76. The van der Waals surface area contributed by atoms with Crippen LogP contribution in [0.1, 0.15) is 82.6 Å². The topological polar surface area (TPSA) is 133 Å². The third-order valence-corrected chi connectivity index (χ3v) is 10.1. The number of piperidine rings is 1. The molecule has 3 aromatic rings. The number of anilines is 1. The van der Waals surface area contributed by atoms with E-state index in [0.717, 1.165) is 35.1 Å². The van der Waals surface area contributed by atoms with E-state index >= 15 is 0 Å². The fourth-order valence-corrected chi connectivity index (χ4v) is 7.28. The van der Waals surface area contributed by atoms with Crippen LogP contribution in [0.25, 0.3) is 0 Å². The predicted molar refractivity (Wildman–Crippen MR) is 181 cm³/mol. The maximum atomic E-state index is 13.5. The molecule has 0 aromatic heterocycles. The minimum absolute atomic E-state index is 0.0144. The fourth-order valence-electron chi connectivity index (χ4n) is 7.28. The number of hydrogen-bond acceptors (Lipinski definition) is 6. The number of carboxylic acid groups (broad SMARTS) is 1. The van der Waals surface area contributed by atoms with Gasteiger partial charge in [0.25, 0.3) is 0 Å². The Labute approximate surface area is 280 Å². The van der Waals surface area contributed by atoms with Crippen LogP contribution in [0.4, 0.5) is 10.1 Å². The van der Waals surface area contributed by atoms with Crippen molar-refractivity contribution in [2.75, 3.05) is 25.0 Å². The van der Waals surface area contributed by atoms with Crippen LogP contribution in [0, 0.1) is 0 Å². The minimum atomic E-state index is -1.06. The van der Waals surface area contributed by atoms with E-state index in [1.54, 1.807) is 24.3 Å². The maximum absolute atomic E-state index is 13.5. The number of Topliss-reactive ketones (excluding diaryl/α,β-unsaturated/α-hetero) is 1. The molecule has 1 aliphatic carbocycles. The second-order valence-electron chi connectivity index (χ2n) is 13.3. The molecule has 0 spiro atoms. The number of benzene rings is 3. The number of fused-ring (bicyclic) bond motifs is 2. The Kier molecular flexibility index (Phi) is 10.3. The standard InChI is InChI=1S/C38H43FN4O5/c39-29-14-17-42(18-15-29)19-16-33(40)37(46)41-30-10-8-24-9-11-31(32(24)22-30)27-7-6-26-21-34(38(47)48)43(23-28(26)20-27)36(45)13-12-35(44)25-4-2-1-3-5-25/h1-8,10,20,22,29,31,33-34H,9,11-19,21,23,40H2,(H,41,46)(H,47,48)/t31?,33-,34-/m0/s1. The molecule has 10 heteroatoms. The summed E-state index contributed by atoms with van der Waals surface area (Å²) >= 11 is 0. The molecule has 3 aromatic carbocycles. The van der Waals surface area contributed by atoms with E-state index in [9.17, 15) is 28.7 Å². The molecule has 2 amide bonds. The number of halogens is 1. The van der Waals surface area contributed by atoms with Gasteiger partial charge in [0.15, 0.2) is 5.78 Å². The van der Waals surface area contributed by atoms with Gasteiger partial charge in [-0.1, -0.05) is 54.6 Å². The Morgan fingerprint density at radius 2 is 1.67 bits per heavy atom. The first-order chi connectivity index (χ1) is 23.2. The summed E-state index contributed by atoms with van der Waals surface area (Å²) in [6.45, 7) is 2.20. The van der Waals surface area contributed by atoms with Crippen molar-refractivity contribution in [3.05, 3.63) is 100 Å². The molecule has 1 fully saturated rings. The van der Waals surface area contributed by atoms with Crippen molar-refractivity contribution < 1.29 is 28.7 Å². The van der Waals surface area contributed by atoms with Crippen molar-refractivity contribution in [3.8, 4) is 0 Å². The number of hydrogen-bond donors (Lipinski definition) is 3. The second kappa shape index (κ2) is 14.8. The number of likely N-dealkylation sites (tertiary alicyclic amines) is 1. The number of carbonyl (C=O) groups excluding carboxylic acids is 3. The zero-order valence-electron chi connectivity index (χ0n) is 27.1. The van der Waals surface area contributed by atoms with Crippen LogP contribution in [0.2, 0.25) is 0 Å². The first-order valence-corrected chi connectivity index (χ1v) is 16.9. The van der Waals surface area contributed by atoms with E-state index in [4.69, 9.17) is 5.73 Å². The van der Waals surface area contributed by atoms with E-state index < -0.39 is 24.2 Å². The number of ketones is 1. The van der Waals surface area contributed by atoms with Gasteiger partial charge in [0, 0.05) is 62.6 Å². The van der Waals surface area contributed by atoms with Crippen molar-refractivity contribution in [2.24, 2.45) is 5.73 Å². The first kappa shape index (κ1) is 33.5. The van der Waals surface area contributed by atoms with Gasteiger partial charge < -0.3 is 26.0 Å². The van der Waals surface area contributed by atoms with Crippen LogP contribution in [-0.4, -0.2) is 76.4 Å². The van der Waals surface area contributed by atoms with E-state index in [1.807, 2.05) is 36.4 Å². The predicted octanol–water partition coefficient (Wildman–Crippen LogP) is 4.86. The van der Waals surface area contributed by atoms with Gasteiger partial charge in [-0.15, -0.1) is 0 Å². The van der Waals surface area contributed by atoms with Crippen molar-refractivity contribution in [2.45, 2.75) is 82.1 Å². The van der Waals surface area contributed by atoms with E-state index in [-0.39, 0.29) is 49.3 Å². The lowest BCUT2D eigenvalue weighted by atomic mass is 9.86. The third-order valence-electron chi connectivity index (χ3n) is 10.1. The van der Waals surface area contributed by atoms with E-state index in [1.165, 1.54) is 10.5 Å². The highest BCUT2D eigenvalue weighted by atomic mass is 19.1. The summed E-state index contributed by atoms with van der Waals surface area (Å²) in [4.78, 5) is 54.7. The highest BCUT2D eigenvalue weighted by Crippen LogP contribution is 2.41. The minimum Gasteiger partial charge on any atom is -0.480 e. The van der Waals surface area contributed by atoms with Crippen LogP contribution in [-0.2, 0) is 33.8 Å². The van der Waals surface area contributed by atoms with Gasteiger partial charge >= 0.3 is 5.97 Å². The molecule has 0 radical (unpaired) electrons. The summed E-state index contributed by atoms with van der Waals surface area (Å²) in [5.41, 5.74) is 12.7. The van der Waals surface area contributed by atoms with Crippen LogP contribution < -0.4 is 11.1 Å². The molecule has 6 rings (SSSR count). The summed E-state index contributed by atoms with van der Waals surface area (Å²) in [5, 5.41) is 13.0. The Hall–Kier alpha value is -4.41. The van der Waals surface area contributed by atoms with Gasteiger partial charge in [0.05, 0.1) is 6.04 Å². The van der Waals surface area contributed by atoms with Crippen LogP contribution >= 0.6 is 0 Å². The molecule has 9 nitrogen and oxygen atoms in total. The molecule has 4 N–H and O–H groups in total. The SMILES string of the molecule is N[C@@H](CCN1CCC(F)CC1)C(=O)Nc1ccc2c(c1)C(c1ccc3c(c1)CN(C(=O)CCC(=O)c1ccccc1)[C@H](C(=O)O)C3)CC2. The Bertz CT molecular complexity index is 1670. The maximum Gasteiger partial charge on any atom is 0.326 e. The largest absolute Gasteiger partial charge is 0.480 e. The van der Waals surface area contributed by atoms with Crippen molar-refractivity contribution in [1.82, 2.24) is 9.80 Å². The number of aryl methyl sites for hydroxylation is 1. The number of amides is 2. The quantitative estimate of drug-likeness (QED) is 0.252. The van der Waals surface area contributed by atoms with Gasteiger partial charge in [-0.05, 0) is 72.1 Å². The Morgan fingerprint density at radius 3 is 2.42 bits per heavy atom. The Balaban J connectivity index is 1.11. The number of carboxylic acids is 1. The molecule has 48 heavy (non-hydrogen) atoms. The van der Waals surface area contributed by atoms with E-state index in [0.29, 0.717) is 50.1 Å². The zero-order valence-corrected chi connectivity index (χ0v) is 27.1. The lowest BCUT2D eigenvalue weighted by Crippen LogP contribution is -2.48. The summed E-state index contributed by atoms with van der Waals surface area (Å²) in [7, 11) is 0. The molecule has 1 unspecified atom stereocenters. The molecule has 3 atom stereocenters. The van der Waals surface area contributed by atoms with Crippen molar-refractivity contribution in [1.29, 1.82) is 0 Å². The highest BCUT2D eigenvalue weighted by Gasteiger charge is 2.35. The fraction of sp³-hybridized carbons (Fsp3) is 0.421. The highest BCUT2D eigenvalue weighted by molar-refractivity contribution is 5.98. The average Bonchev–Trinajstić information content (AvgIpc) is 3.52. The lowest BCUT2D eigenvalue weighted by molar-refractivity contribution is -0.151. The number of rotatable bonds is 11. The molecule has 252 valence electrons. The molecule has 2 aliphatic heterocycles. The van der Waals surface area contributed by atoms with E-state index in [2.05, 4.69) is 16.3 Å². The smallest absolute Gasteiger partial charge is 0.326 e. The molecule has 1 saturated heterocycles. The van der Waals surface area contributed by atoms with Gasteiger partial charge in [0.2, 0.25) is 11.8 Å². The average molecular weight is 655 g/mol. The van der Waals surface area contributed by atoms with Crippen LogP contribution in [0.3, 0.4) is 0 Å². The first-order valence-electron chi connectivity index (χ1n) is 16.9. The number of nitrogens with zero attached hydrogens (tertiary/aromatic N) is 2. The van der Waals surface area contributed by atoms with Crippen LogP contribution in [0.15, 0.2) is 66.7 Å². The molecular weight excluding hydrogens is 611 g/mol. The summed E-state index contributed by atoms with van der Waals surface area (Å²) in [5.74, 6) is -1.73. The normalized spacial score (nSPS) is 20.1. The number of alkyl halides is 1. The second-order valence-corrected chi connectivity index (χ2v) is 13.3. The molecule has 0 saturated carbocycles. The van der Waals surface area contributed by atoms with Gasteiger partial charge in [-0.25, -0.2) is 9.18 Å². The number of carbonyl (C=O) groups is 4. The molecule has 3 aliphatic rings. The summed E-state index contributed by atoms with van der Waals surface area (Å²) in [6, 6.07) is 19.2. The molecule has 2 heterocycles. The molecular formula is C38H43FN4O5.